The molecule has 2 aromatic carbocycles. The van der Waals surface area contributed by atoms with E-state index in [1.165, 1.54) is 12.1 Å². The zero-order chi connectivity index (χ0) is 18.0. The van der Waals surface area contributed by atoms with Crippen molar-refractivity contribution in [1.29, 1.82) is 0 Å². The molecule has 0 N–H and O–H groups in total. The quantitative estimate of drug-likeness (QED) is 0.628. The summed E-state index contributed by atoms with van der Waals surface area (Å²) in [4.78, 5) is 12.5. The summed E-state index contributed by atoms with van der Waals surface area (Å²) in [6.07, 6.45) is 0. The summed E-state index contributed by atoms with van der Waals surface area (Å²) in [6, 6.07) is 13.0. The molecule has 3 aromatic rings. The normalized spacial score (nSPS) is 10.7. The van der Waals surface area contributed by atoms with E-state index in [1.54, 1.807) is 48.9 Å². The SMILES string of the molecule is CCOC(=O)c1c(C)nn(-c2cccc(Cl)c2)c1-c1ccc(F)cc1. The third kappa shape index (κ3) is 3.42. The maximum absolute atomic E-state index is 13.3. The summed E-state index contributed by atoms with van der Waals surface area (Å²) >= 11 is 6.09. The van der Waals surface area contributed by atoms with E-state index < -0.39 is 5.97 Å². The number of aromatic nitrogens is 2. The van der Waals surface area contributed by atoms with Crippen molar-refractivity contribution in [2.75, 3.05) is 6.61 Å². The largest absolute Gasteiger partial charge is 0.462 e. The summed E-state index contributed by atoms with van der Waals surface area (Å²) in [5.41, 5.74) is 2.78. The number of halogens is 2. The number of rotatable bonds is 4. The molecule has 6 heteroatoms. The minimum absolute atomic E-state index is 0.253. The number of aryl methyl sites for hydroxylation is 1. The van der Waals surface area contributed by atoms with Crippen LogP contribution in [0.2, 0.25) is 5.02 Å². The number of hydrogen-bond acceptors (Lipinski definition) is 3. The highest BCUT2D eigenvalue weighted by molar-refractivity contribution is 6.30. The molecule has 0 aliphatic rings. The van der Waals surface area contributed by atoms with Gasteiger partial charge in [0, 0.05) is 10.6 Å². The van der Waals surface area contributed by atoms with Crippen molar-refractivity contribution in [1.82, 2.24) is 9.78 Å². The van der Waals surface area contributed by atoms with Gasteiger partial charge in [0.1, 0.15) is 11.4 Å². The first-order valence-electron chi connectivity index (χ1n) is 7.80. The standard InChI is InChI=1S/C19H16ClFN2O2/c1-3-25-19(24)17-12(2)22-23(16-6-4-5-14(20)11-16)18(17)13-7-9-15(21)10-8-13/h4-11H,3H2,1-2H3. The van der Waals surface area contributed by atoms with E-state index in [0.29, 0.717) is 33.2 Å². The Morgan fingerprint density at radius 2 is 1.96 bits per heavy atom. The number of esters is 1. The zero-order valence-electron chi connectivity index (χ0n) is 13.8. The smallest absolute Gasteiger partial charge is 0.342 e. The molecule has 1 heterocycles. The Morgan fingerprint density at radius 1 is 1.24 bits per heavy atom. The van der Waals surface area contributed by atoms with Crippen LogP contribution in [0, 0.1) is 12.7 Å². The van der Waals surface area contributed by atoms with Crippen LogP contribution in [0.15, 0.2) is 48.5 Å². The van der Waals surface area contributed by atoms with Crippen molar-refractivity contribution in [3.63, 3.8) is 0 Å². The van der Waals surface area contributed by atoms with Gasteiger partial charge >= 0.3 is 5.97 Å². The van der Waals surface area contributed by atoms with E-state index in [0.717, 1.165) is 0 Å². The molecule has 0 radical (unpaired) electrons. The summed E-state index contributed by atoms with van der Waals surface area (Å²) in [5.74, 6) is -0.820. The molecule has 0 bridgehead atoms. The zero-order valence-corrected chi connectivity index (χ0v) is 14.5. The van der Waals surface area contributed by atoms with E-state index in [2.05, 4.69) is 5.10 Å². The minimum Gasteiger partial charge on any atom is -0.462 e. The molecule has 0 atom stereocenters. The first-order chi connectivity index (χ1) is 12.0. The molecule has 0 saturated carbocycles. The van der Waals surface area contributed by atoms with Gasteiger partial charge in [-0.05, 0) is 56.3 Å². The summed E-state index contributed by atoms with van der Waals surface area (Å²) in [6.45, 7) is 3.73. The molecule has 0 fully saturated rings. The van der Waals surface area contributed by atoms with Crippen LogP contribution in [-0.2, 0) is 4.74 Å². The molecule has 0 unspecified atom stereocenters. The lowest BCUT2D eigenvalue weighted by molar-refractivity contribution is 0.0526. The van der Waals surface area contributed by atoms with Gasteiger partial charge in [-0.1, -0.05) is 17.7 Å². The van der Waals surface area contributed by atoms with Crippen molar-refractivity contribution >= 4 is 17.6 Å². The van der Waals surface area contributed by atoms with Gasteiger partial charge in [0.05, 0.1) is 23.7 Å². The Kier molecular flexibility index (Phi) is 4.86. The van der Waals surface area contributed by atoms with E-state index in [9.17, 15) is 9.18 Å². The highest BCUT2D eigenvalue weighted by Crippen LogP contribution is 2.30. The average Bonchev–Trinajstić information content (AvgIpc) is 2.93. The Labute approximate surface area is 149 Å². The maximum Gasteiger partial charge on any atom is 0.342 e. The fourth-order valence-corrected chi connectivity index (χ4v) is 2.83. The molecule has 0 aliphatic heterocycles. The lowest BCUT2D eigenvalue weighted by Gasteiger charge is -2.10. The van der Waals surface area contributed by atoms with Gasteiger partial charge < -0.3 is 4.74 Å². The van der Waals surface area contributed by atoms with Crippen molar-refractivity contribution in [2.24, 2.45) is 0 Å². The Bertz CT molecular complexity index is 920. The predicted octanol–water partition coefficient (Wildman–Crippen LogP) is 4.82. The fourth-order valence-electron chi connectivity index (χ4n) is 2.64. The predicted molar refractivity (Wildman–Crippen MR) is 94.7 cm³/mol. The average molecular weight is 359 g/mol. The van der Waals surface area contributed by atoms with E-state index in [-0.39, 0.29) is 12.4 Å². The van der Waals surface area contributed by atoms with Crippen molar-refractivity contribution in [3.05, 3.63) is 70.6 Å². The number of carbonyl (C=O) groups is 1. The second kappa shape index (κ2) is 7.07. The van der Waals surface area contributed by atoms with Gasteiger partial charge in [0.15, 0.2) is 0 Å². The van der Waals surface area contributed by atoms with Crippen LogP contribution in [0.25, 0.3) is 16.9 Å². The molecule has 25 heavy (non-hydrogen) atoms. The third-order valence-electron chi connectivity index (χ3n) is 3.71. The Morgan fingerprint density at radius 3 is 2.60 bits per heavy atom. The van der Waals surface area contributed by atoms with Gasteiger partial charge in [0.25, 0.3) is 0 Å². The van der Waals surface area contributed by atoms with Crippen LogP contribution in [0.5, 0.6) is 0 Å². The maximum atomic E-state index is 13.3. The van der Waals surface area contributed by atoms with Crippen molar-refractivity contribution in [2.45, 2.75) is 13.8 Å². The van der Waals surface area contributed by atoms with Crippen molar-refractivity contribution < 1.29 is 13.9 Å². The number of ether oxygens (including phenoxy) is 1. The van der Waals surface area contributed by atoms with E-state index in [1.807, 2.05) is 6.07 Å². The molecule has 3 rings (SSSR count). The summed E-state index contributed by atoms with van der Waals surface area (Å²) < 4.78 is 20.1. The van der Waals surface area contributed by atoms with Gasteiger partial charge in [-0.25, -0.2) is 13.9 Å². The number of benzene rings is 2. The van der Waals surface area contributed by atoms with Gasteiger partial charge in [-0.3, -0.25) is 0 Å². The van der Waals surface area contributed by atoms with Gasteiger partial charge in [-0.2, -0.15) is 5.10 Å². The van der Waals surface area contributed by atoms with Crippen LogP contribution < -0.4 is 0 Å². The number of hydrogen-bond donors (Lipinski definition) is 0. The lowest BCUT2D eigenvalue weighted by Crippen LogP contribution is -2.08. The highest BCUT2D eigenvalue weighted by Gasteiger charge is 2.24. The second-order valence-corrected chi connectivity index (χ2v) is 5.86. The van der Waals surface area contributed by atoms with Crippen LogP contribution in [0.1, 0.15) is 23.0 Å². The topological polar surface area (TPSA) is 44.1 Å². The van der Waals surface area contributed by atoms with Crippen LogP contribution in [0.4, 0.5) is 4.39 Å². The molecule has 0 saturated heterocycles. The van der Waals surface area contributed by atoms with E-state index in [4.69, 9.17) is 16.3 Å². The monoisotopic (exact) mass is 358 g/mol. The lowest BCUT2D eigenvalue weighted by atomic mass is 10.1. The Hall–Kier alpha value is -2.66. The van der Waals surface area contributed by atoms with Crippen LogP contribution >= 0.6 is 11.6 Å². The molecular formula is C19H16ClFN2O2. The molecule has 128 valence electrons. The molecule has 4 nitrogen and oxygen atoms in total. The van der Waals surface area contributed by atoms with E-state index >= 15 is 0 Å². The molecule has 0 aliphatic carbocycles. The molecule has 1 aromatic heterocycles. The van der Waals surface area contributed by atoms with Gasteiger partial charge in [0.2, 0.25) is 0 Å². The van der Waals surface area contributed by atoms with Crippen LogP contribution in [0.3, 0.4) is 0 Å². The summed E-state index contributed by atoms with van der Waals surface area (Å²) in [7, 11) is 0. The van der Waals surface area contributed by atoms with Crippen molar-refractivity contribution in [3.8, 4) is 16.9 Å². The molecular weight excluding hydrogens is 343 g/mol. The Balaban J connectivity index is 2.27. The minimum atomic E-state index is -0.465. The highest BCUT2D eigenvalue weighted by atomic mass is 35.5. The van der Waals surface area contributed by atoms with Crippen LogP contribution in [-0.4, -0.2) is 22.4 Å². The number of nitrogens with zero attached hydrogens (tertiary/aromatic N) is 2. The summed E-state index contributed by atoms with van der Waals surface area (Å²) in [5, 5.41) is 5.04. The van der Waals surface area contributed by atoms with Gasteiger partial charge in [-0.15, -0.1) is 0 Å². The third-order valence-corrected chi connectivity index (χ3v) is 3.95. The second-order valence-electron chi connectivity index (χ2n) is 5.43. The number of carbonyl (C=O) groups excluding carboxylic acids is 1. The first kappa shape index (κ1) is 17.2. The molecule has 0 spiro atoms. The fraction of sp³-hybridized carbons (Fsp3) is 0.158. The molecule has 0 amide bonds. The first-order valence-corrected chi connectivity index (χ1v) is 8.17.